The number of amides is 1. The third-order valence-electron chi connectivity index (χ3n) is 6.34. The zero-order valence-electron chi connectivity index (χ0n) is 23.0. The number of aryl methyl sites for hydroxylation is 1. The number of phosphoric ester groups is 1. The number of H-pyrrole nitrogens is 2. The van der Waals surface area contributed by atoms with Gasteiger partial charge in [0.2, 0.25) is 5.91 Å². The minimum Gasteiger partial charge on any atom is -0.390 e. The van der Waals surface area contributed by atoms with Crippen molar-refractivity contribution in [3.63, 3.8) is 0 Å². The monoisotopic (exact) mass is 694 g/mol. The van der Waals surface area contributed by atoms with Gasteiger partial charge < -0.3 is 39.7 Å². The molecular formula is C23H29N4O15P3. The molecule has 4 rings (SSSR count). The van der Waals surface area contributed by atoms with Crippen molar-refractivity contribution >= 4 is 46.4 Å². The molecule has 3 aromatic rings. The molecule has 1 fully saturated rings. The minimum absolute atomic E-state index is 0.00237. The molecule has 45 heavy (non-hydrogen) atoms. The van der Waals surface area contributed by atoms with Gasteiger partial charge in [0, 0.05) is 42.7 Å². The number of para-hydroxylation sites is 1. The van der Waals surface area contributed by atoms with Crippen molar-refractivity contribution < 1.29 is 61.1 Å². The van der Waals surface area contributed by atoms with Gasteiger partial charge in [0.15, 0.2) is 0 Å². The third kappa shape index (κ3) is 9.98. The van der Waals surface area contributed by atoms with Gasteiger partial charge in [-0.1, -0.05) is 30.4 Å². The van der Waals surface area contributed by atoms with Crippen LogP contribution in [0.1, 0.15) is 30.2 Å². The Labute approximate surface area is 252 Å². The number of aromatic amines is 2. The van der Waals surface area contributed by atoms with Crippen LogP contribution in [0.5, 0.6) is 0 Å². The van der Waals surface area contributed by atoms with E-state index in [4.69, 9.17) is 14.5 Å². The molecule has 19 nitrogen and oxygen atoms in total. The van der Waals surface area contributed by atoms with E-state index in [1.807, 2.05) is 30.5 Å². The van der Waals surface area contributed by atoms with Crippen molar-refractivity contribution in [2.75, 3.05) is 13.2 Å². The normalized spacial score (nSPS) is 21.6. The summed E-state index contributed by atoms with van der Waals surface area (Å²) in [5, 5.41) is 14.0. The summed E-state index contributed by atoms with van der Waals surface area (Å²) in [5.74, 6) is -0.223. The molecule has 1 amide bonds. The number of aromatic nitrogens is 3. The maximum Gasteiger partial charge on any atom is 0.490 e. The number of nitrogens with one attached hydrogen (secondary N) is 3. The van der Waals surface area contributed by atoms with E-state index in [-0.39, 0.29) is 30.9 Å². The first-order valence-electron chi connectivity index (χ1n) is 13.0. The highest BCUT2D eigenvalue weighted by Crippen LogP contribution is 2.66. The number of carbonyl (C=O) groups excluding carboxylic acids is 1. The molecule has 3 heterocycles. The molecule has 0 bridgehead atoms. The van der Waals surface area contributed by atoms with E-state index in [0.29, 0.717) is 6.42 Å². The molecule has 1 aliphatic heterocycles. The number of nitrogens with zero attached hydrogens (tertiary/aromatic N) is 1. The van der Waals surface area contributed by atoms with Crippen LogP contribution in [0.2, 0.25) is 0 Å². The van der Waals surface area contributed by atoms with Gasteiger partial charge >= 0.3 is 29.2 Å². The lowest BCUT2D eigenvalue weighted by molar-refractivity contribution is -0.120. The predicted molar refractivity (Wildman–Crippen MR) is 154 cm³/mol. The quantitative estimate of drug-likeness (QED) is 0.108. The Morgan fingerprint density at radius 3 is 2.58 bits per heavy atom. The van der Waals surface area contributed by atoms with Gasteiger partial charge in [-0.25, -0.2) is 18.5 Å². The average Bonchev–Trinajstić information content (AvgIpc) is 3.50. The van der Waals surface area contributed by atoms with Gasteiger partial charge in [0.25, 0.3) is 5.56 Å². The lowest BCUT2D eigenvalue weighted by atomic mass is 10.1. The van der Waals surface area contributed by atoms with Crippen LogP contribution in [0.3, 0.4) is 0 Å². The van der Waals surface area contributed by atoms with Crippen molar-refractivity contribution in [2.24, 2.45) is 0 Å². The number of ether oxygens (including phenoxy) is 1. The molecule has 22 heteroatoms. The van der Waals surface area contributed by atoms with Crippen molar-refractivity contribution in [1.82, 2.24) is 19.9 Å². The summed E-state index contributed by atoms with van der Waals surface area (Å²) in [6, 6.07) is 7.71. The SMILES string of the molecule is O=C(CCc1c[nH]c2ccccc12)NC/C=C/c1cn([C@H]2C[C@H](O)[C@@H](COP(=O)(O)OP(=O)(O)OP(=O)(O)O)O2)c(=O)[nH]c1=O. The first-order valence-corrected chi connectivity index (χ1v) is 17.5. The highest BCUT2D eigenvalue weighted by Gasteiger charge is 2.43. The van der Waals surface area contributed by atoms with Gasteiger partial charge in [0.05, 0.1) is 18.3 Å². The molecule has 1 aliphatic rings. The third-order valence-corrected chi connectivity index (χ3v) is 10.1. The number of hydrogen-bond donors (Lipinski definition) is 8. The van der Waals surface area contributed by atoms with Crippen LogP contribution in [0, 0.1) is 0 Å². The van der Waals surface area contributed by atoms with Crippen LogP contribution >= 0.6 is 23.5 Å². The number of phosphoric acid groups is 3. The second-order valence-corrected chi connectivity index (χ2v) is 14.1. The smallest absolute Gasteiger partial charge is 0.390 e. The van der Waals surface area contributed by atoms with Crippen LogP contribution < -0.4 is 16.6 Å². The summed E-state index contributed by atoms with van der Waals surface area (Å²) >= 11 is 0. The molecular weight excluding hydrogens is 665 g/mol. The molecule has 0 saturated carbocycles. The Bertz CT molecular complexity index is 1830. The maximum absolute atomic E-state index is 12.4. The maximum atomic E-state index is 12.4. The second kappa shape index (κ2) is 14.2. The van der Waals surface area contributed by atoms with Crippen LogP contribution in [0.4, 0.5) is 0 Å². The first kappa shape index (κ1) is 34.8. The van der Waals surface area contributed by atoms with Crippen molar-refractivity contribution in [1.29, 1.82) is 0 Å². The Morgan fingerprint density at radius 1 is 1.11 bits per heavy atom. The van der Waals surface area contributed by atoms with E-state index in [0.717, 1.165) is 27.2 Å². The largest absolute Gasteiger partial charge is 0.490 e. The van der Waals surface area contributed by atoms with Crippen molar-refractivity contribution in [2.45, 2.75) is 37.7 Å². The molecule has 0 spiro atoms. The van der Waals surface area contributed by atoms with Crippen LogP contribution in [-0.4, -0.2) is 70.5 Å². The molecule has 0 aliphatic carbocycles. The van der Waals surface area contributed by atoms with Gasteiger partial charge in [-0.05, 0) is 18.1 Å². The Kier molecular flexibility index (Phi) is 11.0. The Balaban J connectivity index is 1.31. The van der Waals surface area contributed by atoms with E-state index >= 15 is 0 Å². The number of hydrogen-bond acceptors (Lipinski definition) is 11. The molecule has 2 unspecified atom stereocenters. The Morgan fingerprint density at radius 2 is 1.84 bits per heavy atom. The number of fused-ring (bicyclic) bond motifs is 1. The fourth-order valence-electron chi connectivity index (χ4n) is 4.37. The number of aliphatic hydroxyl groups excluding tert-OH is 1. The van der Waals surface area contributed by atoms with Gasteiger partial charge in [-0.2, -0.15) is 8.62 Å². The summed E-state index contributed by atoms with van der Waals surface area (Å²) in [7, 11) is -16.8. The van der Waals surface area contributed by atoms with Gasteiger partial charge in [-0.3, -0.25) is 23.7 Å². The van der Waals surface area contributed by atoms with Crippen molar-refractivity contribution in [3.8, 4) is 0 Å². The lowest BCUT2D eigenvalue weighted by Crippen LogP contribution is -2.33. The minimum atomic E-state index is -5.74. The zero-order chi connectivity index (χ0) is 33.0. The first-order chi connectivity index (χ1) is 21.0. The number of benzene rings is 1. The van der Waals surface area contributed by atoms with Crippen LogP contribution in [0.15, 0.2) is 52.3 Å². The van der Waals surface area contributed by atoms with Gasteiger partial charge in [-0.15, -0.1) is 0 Å². The fraction of sp³-hybridized carbons (Fsp3) is 0.348. The molecule has 1 aromatic carbocycles. The summed E-state index contributed by atoms with van der Waals surface area (Å²) in [5.41, 5.74) is 0.311. The highest BCUT2D eigenvalue weighted by atomic mass is 31.3. The molecule has 246 valence electrons. The number of aliphatic hydroxyl groups is 1. The standard InChI is InChI=1S/C23H29N4O15P3/c28-18-10-21(40-19(18)13-39-44(35,36)42-45(37,38)41-43(32,33)34)27-12-15(22(30)26-23(27)31)4-3-9-24-20(29)8-7-14-11-25-17-6-2-1-5-16(14)17/h1-6,11-12,18-19,21,25,28H,7-10,13H2,(H,24,29)(H,35,36)(H,37,38)(H,26,30,31)(H2,32,33,34)/b4-3+/t18-,19+,21+/m0/s1. The molecule has 0 radical (unpaired) electrons. The fourth-order valence-corrected chi connectivity index (χ4v) is 7.40. The zero-order valence-corrected chi connectivity index (χ0v) is 25.7. The topological polar surface area (TPSA) is 289 Å². The molecule has 2 aromatic heterocycles. The molecule has 1 saturated heterocycles. The second-order valence-electron chi connectivity index (χ2n) is 9.64. The van der Waals surface area contributed by atoms with E-state index in [1.165, 1.54) is 12.2 Å². The van der Waals surface area contributed by atoms with Crippen LogP contribution in [0.25, 0.3) is 17.0 Å². The number of carbonyl (C=O) groups is 1. The average molecular weight is 694 g/mol. The summed E-state index contributed by atoms with van der Waals surface area (Å²) in [6.07, 6.45) is 2.32. The van der Waals surface area contributed by atoms with E-state index in [1.54, 1.807) is 0 Å². The Hall–Kier alpha value is -3.02. The lowest BCUT2D eigenvalue weighted by Gasteiger charge is -2.19. The highest BCUT2D eigenvalue weighted by molar-refractivity contribution is 7.66. The summed E-state index contributed by atoms with van der Waals surface area (Å²) in [6.45, 7) is -0.862. The number of rotatable bonds is 14. The van der Waals surface area contributed by atoms with E-state index in [9.17, 15) is 43.0 Å². The van der Waals surface area contributed by atoms with Gasteiger partial charge in [0.1, 0.15) is 12.3 Å². The van der Waals surface area contributed by atoms with Crippen LogP contribution in [-0.2, 0) is 42.8 Å². The summed E-state index contributed by atoms with van der Waals surface area (Å²) in [4.78, 5) is 78.3. The van der Waals surface area contributed by atoms with Crippen molar-refractivity contribution in [3.05, 3.63) is 74.7 Å². The molecule has 8 N–H and O–H groups in total. The predicted octanol–water partition coefficient (Wildman–Crippen LogP) is 0.772. The van der Waals surface area contributed by atoms with E-state index in [2.05, 4.69) is 28.4 Å². The molecule has 5 atom stereocenters. The summed E-state index contributed by atoms with van der Waals surface area (Å²) < 4.78 is 52.3. The van der Waals surface area contributed by atoms with E-state index < -0.39 is 59.8 Å².